The molecule has 3 atom stereocenters. The van der Waals surface area contributed by atoms with E-state index in [2.05, 4.69) is 0 Å². The summed E-state index contributed by atoms with van der Waals surface area (Å²) < 4.78 is 13.8. The molecule has 0 fully saturated rings. The molecule has 0 aliphatic heterocycles. The minimum absolute atomic E-state index is 0.110. The van der Waals surface area contributed by atoms with Crippen LogP contribution < -0.4 is 14.2 Å². The number of esters is 3. The second kappa shape index (κ2) is 10.7. The number of ether oxygens (including phenoxy) is 3. The van der Waals surface area contributed by atoms with Gasteiger partial charge in [0.25, 0.3) is 0 Å². The second-order valence-electron chi connectivity index (χ2n) is 5.21. The van der Waals surface area contributed by atoms with Gasteiger partial charge in [0, 0.05) is 12.1 Å². The number of carbonyl (C=O) groups is 4. The number of alkyl halides is 3. The van der Waals surface area contributed by atoms with Crippen LogP contribution in [0.2, 0.25) is 0 Å². The van der Waals surface area contributed by atoms with Gasteiger partial charge in [-0.3, -0.25) is 14.4 Å². The fraction of sp³-hybridized carbons (Fsp3) is 0.375. The van der Waals surface area contributed by atoms with Gasteiger partial charge < -0.3 is 19.3 Å². The highest BCUT2D eigenvalue weighted by Gasteiger charge is 2.27. The summed E-state index contributed by atoms with van der Waals surface area (Å²) in [6.45, 7) is 4.72. The van der Waals surface area contributed by atoms with Crippen LogP contribution >= 0.6 is 67.8 Å². The smallest absolute Gasteiger partial charge is 0.343 e. The maximum absolute atomic E-state index is 11.9. The van der Waals surface area contributed by atoms with Crippen LogP contribution in [-0.4, -0.2) is 40.8 Å². The van der Waals surface area contributed by atoms with E-state index in [1.807, 2.05) is 22.6 Å². The lowest BCUT2D eigenvalue weighted by molar-refractivity contribution is -0.133. The Balaban J connectivity index is 3.50. The summed E-state index contributed by atoms with van der Waals surface area (Å²) in [7, 11) is 0. The SMILES string of the molecule is CC(I)C(=O)Oc1cc(OC(=O)C(C)I)c(C(=O)O)c(OC(=O)C(C)I)c1. The lowest BCUT2D eigenvalue weighted by Gasteiger charge is -2.15. The molecule has 1 N–H and O–H groups in total. The summed E-state index contributed by atoms with van der Waals surface area (Å²) >= 11 is 5.45. The van der Waals surface area contributed by atoms with Crippen molar-refractivity contribution >= 4 is 91.6 Å². The maximum Gasteiger partial charge on any atom is 0.343 e. The number of hydrogen-bond donors (Lipinski definition) is 1. The average molecular weight is 716 g/mol. The maximum atomic E-state index is 11.9. The molecule has 8 nitrogen and oxygen atoms in total. The Kier molecular flexibility index (Phi) is 9.67. The lowest BCUT2D eigenvalue weighted by Crippen LogP contribution is -2.22. The van der Waals surface area contributed by atoms with Crippen LogP contribution in [0.1, 0.15) is 31.1 Å². The van der Waals surface area contributed by atoms with Crippen LogP contribution in [0, 0.1) is 0 Å². The predicted octanol–water partition coefficient (Wildman–Crippen LogP) is 3.57. The van der Waals surface area contributed by atoms with Crippen molar-refractivity contribution in [2.45, 2.75) is 32.5 Å². The van der Waals surface area contributed by atoms with Gasteiger partial charge in [-0.25, -0.2) is 4.79 Å². The fourth-order valence-corrected chi connectivity index (χ4v) is 1.95. The molecule has 0 radical (unpaired) electrons. The molecular weight excluding hydrogens is 701 g/mol. The number of halogens is 3. The minimum atomic E-state index is -1.47. The highest BCUT2D eigenvalue weighted by Crippen LogP contribution is 2.35. The molecule has 0 spiro atoms. The highest BCUT2D eigenvalue weighted by molar-refractivity contribution is 14.1. The molecule has 0 saturated carbocycles. The van der Waals surface area contributed by atoms with E-state index in [4.69, 9.17) is 14.2 Å². The van der Waals surface area contributed by atoms with Crippen molar-refractivity contribution < 1.29 is 38.5 Å². The molecule has 27 heavy (non-hydrogen) atoms. The van der Waals surface area contributed by atoms with E-state index in [1.54, 1.807) is 66.0 Å². The van der Waals surface area contributed by atoms with Gasteiger partial charge >= 0.3 is 23.9 Å². The standard InChI is InChI=1S/C16H15I3O8/c1-6(17)14(22)25-9-4-10(26-15(23)7(2)18)12(13(20)21)11(5-9)27-16(24)8(3)19/h4-8H,1-3H3,(H,20,21). The van der Waals surface area contributed by atoms with Crippen LogP contribution in [0.4, 0.5) is 0 Å². The first kappa shape index (κ1) is 24.3. The zero-order valence-electron chi connectivity index (χ0n) is 14.3. The number of hydrogen-bond acceptors (Lipinski definition) is 7. The van der Waals surface area contributed by atoms with Crippen LogP contribution in [0.15, 0.2) is 12.1 Å². The van der Waals surface area contributed by atoms with Crippen molar-refractivity contribution in [2.75, 3.05) is 0 Å². The van der Waals surface area contributed by atoms with Gasteiger partial charge in [0.15, 0.2) is 11.5 Å². The monoisotopic (exact) mass is 716 g/mol. The van der Waals surface area contributed by atoms with Crippen LogP contribution in [0.3, 0.4) is 0 Å². The van der Waals surface area contributed by atoms with E-state index in [0.29, 0.717) is 0 Å². The third-order valence-corrected chi connectivity index (χ3v) is 4.39. The van der Waals surface area contributed by atoms with E-state index < -0.39 is 41.2 Å². The van der Waals surface area contributed by atoms with Crippen LogP contribution in [-0.2, 0) is 14.4 Å². The molecular formula is C16H15I3O8. The zero-order chi connectivity index (χ0) is 20.9. The zero-order valence-corrected chi connectivity index (χ0v) is 20.8. The van der Waals surface area contributed by atoms with E-state index >= 15 is 0 Å². The summed E-state index contributed by atoms with van der Waals surface area (Å²) in [5, 5.41) is 9.52. The molecule has 1 rings (SSSR count). The Hall–Kier alpha value is -0.710. The number of carbonyl (C=O) groups excluding carboxylic acids is 3. The van der Waals surface area contributed by atoms with Crippen molar-refractivity contribution in [1.29, 1.82) is 0 Å². The number of benzene rings is 1. The average Bonchev–Trinajstić information content (AvgIpc) is 2.53. The Morgan fingerprint density at radius 2 is 1.11 bits per heavy atom. The molecule has 148 valence electrons. The molecule has 1 aromatic carbocycles. The predicted molar refractivity (Wildman–Crippen MR) is 121 cm³/mol. The third-order valence-electron chi connectivity index (χ3n) is 2.87. The van der Waals surface area contributed by atoms with E-state index in [0.717, 1.165) is 12.1 Å². The molecule has 0 aliphatic carbocycles. The summed E-state index contributed by atoms with van der Waals surface area (Å²) in [6, 6.07) is 2.20. The number of rotatable bonds is 7. The second-order valence-corrected chi connectivity index (χ2v) is 10.8. The molecule has 0 bridgehead atoms. The first-order valence-electron chi connectivity index (χ1n) is 7.42. The van der Waals surface area contributed by atoms with Gasteiger partial charge in [0.05, 0.1) is 0 Å². The summed E-state index contributed by atoms with van der Waals surface area (Å²) in [5.74, 6) is -4.36. The summed E-state index contributed by atoms with van der Waals surface area (Å²) in [6.07, 6.45) is 0. The molecule has 3 unspecified atom stereocenters. The molecule has 1 aromatic rings. The Morgan fingerprint density at radius 1 is 0.778 bits per heavy atom. The third kappa shape index (κ3) is 7.32. The first-order chi connectivity index (χ1) is 12.4. The normalized spacial score (nSPS) is 13.9. The largest absolute Gasteiger partial charge is 0.477 e. The van der Waals surface area contributed by atoms with Crippen LogP contribution in [0.5, 0.6) is 17.2 Å². The first-order valence-corrected chi connectivity index (χ1v) is 11.2. The van der Waals surface area contributed by atoms with Gasteiger partial charge in [-0.15, -0.1) is 0 Å². The molecule has 0 heterocycles. The Labute approximate surface area is 196 Å². The van der Waals surface area contributed by atoms with Gasteiger partial charge in [0.2, 0.25) is 0 Å². The van der Waals surface area contributed by atoms with E-state index in [1.165, 1.54) is 0 Å². The lowest BCUT2D eigenvalue weighted by atomic mass is 10.1. The minimum Gasteiger partial charge on any atom is -0.477 e. The van der Waals surface area contributed by atoms with Gasteiger partial charge in [-0.2, -0.15) is 0 Å². The van der Waals surface area contributed by atoms with E-state index in [-0.39, 0.29) is 17.2 Å². The van der Waals surface area contributed by atoms with Crippen molar-refractivity contribution in [1.82, 2.24) is 0 Å². The Bertz CT molecular complexity index is 715. The van der Waals surface area contributed by atoms with Gasteiger partial charge in [-0.1, -0.05) is 67.8 Å². The fourth-order valence-electron chi connectivity index (χ4n) is 1.57. The topological polar surface area (TPSA) is 116 Å². The van der Waals surface area contributed by atoms with E-state index in [9.17, 15) is 24.3 Å². The van der Waals surface area contributed by atoms with Gasteiger partial charge in [-0.05, 0) is 20.8 Å². The van der Waals surface area contributed by atoms with Crippen molar-refractivity contribution in [3.63, 3.8) is 0 Å². The van der Waals surface area contributed by atoms with Crippen molar-refractivity contribution in [3.05, 3.63) is 17.7 Å². The molecule has 0 aliphatic rings. The number of aromatic carboxylic acids is 1. The molecule has 0 saturated heterocycles. The summed E-state index contributed by atoms with van der Waals surface area (Å²) in [5.41, 5.74) is -0.520. The summed E-state index contributed by atoms with van der Waals surface area (Å²) in [4.78, 5) is 47.4. The van der Waals surface area contributed by atoms with Crippen molar-refractivity contribution in [2.24, 2.45) is 0 Å². The number of carboxylic acid groups (broad SMARTS) is 1. The molecule has 11 heteroatoms. The van der Waals surface area contributed by atoms with Crippen LogP contribution in [0.25, 0.3) is 0 Å². The van der Waals surface area contributed by atoms with Gasteiger partial charge in [0.1, 0.15) is 23.1 Å². The highest BCUT2D eigenvalue weighted by atomic mass is 127. The Morgan fingerprint density at radius 3 is 1.41 bits per heavy atom. The molecule has 0 amide bonds. The quantitative estimate of drug-likeness (QED) is 0.197. The number of carboxylic acids is 1. The van der Waals surface area contributed by atoms with Crippen molar-refractivity contribution in [3.8, 4) is 17.2 Å². The molecule has 0 aromatic heterocycles.